The summed E-state index contributed by atoms with van der Waals surface area (Å²) in [4.78, 5) is 35.7. The molecule has 0 radical (unpaired) electrons. The van der Waals surface area contributed by atoms with E-state index in [1.54, 1.807) is 13.0 Å². The number of nitrogens with one attached hydrogen (secondary N) is 2. The third-order valence-corrected chi connectivity index (χ3v) is 5.32. The predicted octanol–water partition coefficient (Wildman–Crippen LogP) is 2.39. The van der Waals surface area contributed by atoms with Gasteiger partial charge in [-0.3, -0.25) is 14.4 Å². The number of amides is 2. The smallest absolute Gasteiger partial charge is 0.316 e. The van der Waals surface area contributed by atoms with Gasteiger partial charge in [0.2, 0.25) is 5.91 Å². The van der Waals surface area contributed by atoms with Crippen LogP contribution in [0.3, 0.4) is 0 Å². The first-order chi connectivity index (χ1) is 14.0. The Morgan fingerprint density at radius 1 is 1.24 bits per heavy atom. The third-order valence-electron chi connectivity index (χ3n) is 4.42. The van der Waals surface area contributed by atoms with E-state index in [1.807, 2.05) is 18.2 Å². The lowest BCUT2D eigenvalue weighted by Crippen LogP contribution is -2.34. The highest BCUT2D eigenvalue weighted by Gasteiger charge is 2.21. The molecule has 9 heteroatoms. The normalized spacial score (nSPS) is 15.3. The maximum Gasteiger partial charge on any atom is 0.316 e. The second kappa shape index (κ2) is 10.1. The van der Waals surface area contributed by atoms with Crippen LogP contribution in [0.5, 0.6) is 0 Å². The molecule has 0 saturated carbocycles. The lowest BCUT2D eigenvalue weighted by atomic mass is 9.88. The fraction of sp³-hybridized carbons (Fsp3) is 0.400. The zero-order chi connectivity index (χ0) is 20.6. The minimum Gasteiger partial charge on any atom is -0.455 e. The van der Waals surface area contributed by atoms with Gasteiger partial charge in [-0.2, -0.15) is 0 Å². The molecule has 0 fully saturated rings. The number of carbonyl (C=O) groups is 3. The number of ether oxygens (including phenoxy) is 1. The molecule has 1 aliphatic carbocycles. The Morgan fingerprint density at radius 3 is 2.86 bits per heavy atom. The monoisotopic (exact) mass is 417 g/mol. The van der Waals surface area contributed by atoms with Crippen molar-refractivity contribution in [3.8, 4) is 0 Å². The molecule has 1 aromatic heterocycles. The van der Waals surface area contributed by atoms with Crippen LogP contribution >= 0.6 is 11.8 Å². The van der Waals surface area contributed by atoms with Gasteiger partial charge in [-0.15, -0.1) is 11.8 Å². The maximum absolute atomic E-state index is 12.1. The van der Waals surface area contributed by atoms with Gasteiger partial charge in [0, 0.05) is 6.07 Å². The Labute approximate surface area is 172 Å². The Bertz CT molecular complexity index is 883. The van der Waals surface area contributed by atoms with Gasteiger partial charge in [0.15, 0.2) is 12.4 Å². The number of thioether (sulfide) groups is 1. The van der Waals surface area contributed by atoms with E-state index in [1.165, 1.54) is 5.56 Å². The summed E-state index contributed by atoms with van der Waals surface area (Å²) in [5.41, 5.74) is 2.37. The number of fused-ring (bicyclic) bond motifs is 1. The third kappa shape index (κ3) is 6.35. The number of nitrogens with zero attached hydrogens (tertiary/aromatic N) is 1. The van der Waals surface area contributed by atoms with Crippen molar-refractivity contribution in [3.05, 3.63) is 47.2 Å². The highest BCUT2D eigenvalue weighted by Crippen LogP contribution is 2.29. The zero-order valence-electron chi connectivity index (χ0n) is 16.1. The van der Waals surface area contributed by atoms with Crippen LogP contribution in [0.15, 0.2) is 34.9 Å². The summed E-state index contributed by atoms with van der Waals surface area (Å²) in [6.07, 6.45) is 2.89. The van der Waals surface area contributed by atoms with Crippen LogP contribution in [-0.4, -0.2) is 41.1 Å². The molecule has 1 atom stereocenters. The van der Waals surface area contributed by atoms with E-state index in [0.717, 1.165) is 36.6 Å². The molecule has 2 amide bonds. The maximum atomic E-state index is 12.1. The second-order valence-electron chi connectivity index (χ2n) is 6.74. The minimum absolute atomic E-state index is 0.0230. The summed E-state index contributed by atoms with van der Waals surface area (Å²) in [6, 6.07) is 9.60. The van der Waals surface area contributed by atoms with Gasteiger partial charge in [-0.25, -0.2) is 0 Å². The number of aryl methyl sites for hydroxylation is 2. The van der Waals surface area contributed by atoms with Crippen molar-refractivity contribution in [3.63, 3.8) is 0 Å². The number of hydrogen-bond acceptors (Lipinski definition) is 7. The number of carbonyl (C=O) groups excluding carboxylic acids is 3. The average Bonchev–Trinajstić information content (AvgIpc) is 3.11. The average molecular weight is 417 g/mol. The van der Waals surface area contributed by atoms with Crippen molar-refractivity contribution in [1.29, 1.82) is 0 Å². The molecule has 1 heterocycles. The highest BCUT2D eigenvalue weighted by molar-refractivity contribution is 8.00. The summed E-state index contributed by atoms with van der Waals surface area (Å²) in [5.74, 6) is -0.215. The number of hydrogen-bond donors (Lipinski definition) is 2. The Hall–Kier alpha value is -2.81. The van der Waals surface area contributed by atoms with Crippen molar-refractivity contribution < 1.29 is 23.6 Å². The zero-order valence-corrected chi connectivity index (χ0v) is 16.9. The second-order valence-corrected chi connectivity index (χ2v) is 7.72. The summed E-state index contributed by atoms with van der Waals surface area (Å²) in [5, 5.41) is 9.15. The molecule has 8 nitrogen and oxygen atoms in total. The van der Waals surface area contributed by atoms with Crippen molar-refractivity contribution >= 4 is 35.4 Å². The van der Waals surface area contributed by atoms with Crippen LogP contribution in [0.4, 0.5) is 5.82 Å². The lowest BCUT2D eigenvalue weighted by molar-refractivity contribution is -0.146. The first kappa shape index (κ1) is 20.9. The molecule has 0 aliphatic heterocycles. The fourth-order valence-electron chi connectivity index (χ4n) is 3.16. The molecule has 29 heavy (non-hydrogen) atoms. The van der Waals surface area contributed by atoms with Crippen molar-refractivity contribution in [2.75, 3.05) is 23.4 Å². The van der Waals surface area contributed by atoms with E-state index in [-0.39, 0.29) is 36.0 Å². The Balaban J connectivity index is 1.33. The van der Waals surface area contributed by atoms with Gasteiger partial charge in [0.1, 0.15) is 5.76 Å². The van der Waals surface area contributed by atoms with Gasteiger partial charge in [0.05, 0.1) is 17.5 Å². The Kier molecular flexibility index (Phi) is 7.29. The van der Waals surface area contributed by atoms with Gasteiger partial charge in [-0.1, -0.05) is 29.4 Å². The molecule has 0 bridgehead atoms. The van der Waals surface area contributed by atoms with Crippen LogP contribution < -0.4 is 10.6 Å². The molecule has 0 spiro atoms. The standard InChI is InChI=1S/C20H23N3O5S/c1-13-9-17(23-28-13)22-19(25)11-29-12-20(26)27-10-18(24)21-16-8-4-6-14-5-2-3-7-15(14)16/h2-3,5,7,9,16H,4,6,8,10-12H2,1H3,(H,21,24)(H,22,23,25). The quantitative estimate of drug-likeness (QED) is 0.635. The number of aromatic nitrogens is 1. The molecular formula is C20H23N3O5S. The largest absolute Gasteiger partial charge is 0.455 e. The fourth-order valence-corrected chi connectivity index (χ4v) is 3.77. The van der Waals surface area contributed by atoms with E-state index in [9.17, 15) is 14.4 Å². The van der Waals surface area contributed by atoms with Crippen LogP contribution in [0.25, 0.3) is 0 Å². The predicted molar refractivity (Wildman–Crippen MR) is 108 cm³/mol. The van der Waals surface area contributed by atoms with Crippen LogP contribution in [-0.2, 0) is 25.5 Å². The van der Waals surface area contributed by atoms with Gasteiger partial charge < -0.3 is 19.9 Å². The topological polar surface area (TPSA) is 111 Å². The Morgan fingerprint density at radius 2 is 2.07 bits per heavy atom. The number of esters is 1. The van der Waals surface area contributed by atoms with E-state index < -0.39 is 5.97 Å². The number of rotatable bonds is 8. The van der Waals surface area contributed by atoms with Gasteiger partial charge in [0.25, 0.3) is 5.91 Å². The summed E-state index contributed by atoms with van der Waals surface area (Å²) < 4.78 is 9.86. The van der Waals surface area contributed by atoms with Crippen LogP contribution in [0, 0.1) is 6.92 Å². The van der Waals surface area contributed by atoms with Crippen LogP contribution in [0.1, 0.15) is 35.8 Å². The lowest BCUT2D eigenvalue weighted by Gasteiger charge is -2.26. The van der Waals surface area contributed by atoms with Gasteiger partial charge in [-0.05, 0) is 37.3 Å². The molecule has 2 N–H and O–H groups in total. The van der Waals surface area contributed by atoms with Gasteiger partial charge >= 0.3 is 5.97 Å². The molecular weight excluding hydrogens is 394 g/mol. The number of benzene rings is 1. The van der Waals surface area contributed by atoms with E-state index in [0.29, 0.717) is 11.6 Å². The first-order valence-corrected chi connectivity index (χ1v) is 10.5. The summed E-state index contributed by atoms with van der Waals surface area (Å²) in [7, 11) is 0. The first-order valence-electron chi connectivity index (χ1n) is 9.35. The highest BCUT2D eigenvalue weighted by atomic mass is 32.2. The van der Waals surface area contributed by atoms with Crippen LogP contribution in [0.2, 0.25) is 0 Å². The van der Waals surface area contributed by atoms with Crippen molar-refractivity contribution in [1.82, 2.24) is 10.5 Å². The molecule has 154 valence electrons. The van der Waals surface area contributed by atoms with Crippen molar-refractivity contribution in [2.24, 2.45) is 0 Å². The van der Waals surface area contributed by atoms with E-state index >= 15 is 0 Å². The summed E-state index contributed by atoms with van der Waals surface area (Å²) in [6.45, 7) is 1.39. The molecule has 0 saturated heterocycles. The molecule has 2 aromatic rings. The summed E-state index contributed by atoms with van der Waals surface area (Å²) >= 11 is 1.10. The SMILES string of the molecule is Cc1cc(NC(=O)CSCC(=O)OCC(=O)NC2CCCc3ccccc32)no1. The number of anilines is 1. The molecule has 1 unspecified atom stereocenters. The van der Waals surface area contributed by atoms with E-state index in [2.05, 4.69) is 21.9 Å². The molecule has 1 aliphatic rings. The van der Waals surface area contributed by atoms with E-state index in [4.69, 9.17) is 9.26 Å². The van der Waals surface area contributed by atoms with Crippen molar-refractivity contribution in [2.45, 2.75) is 32.2 Å². The minimum atomic E-state index is -0.542. The molecule has 3 rings (SSSR count). The molecule has 1 aromatic carbocycles.